The second-order valence-corrected chi connectivity index (χ2v) is 19.3. The number of ketones is 1. The van der Waals surface area contributed by atoms with Crippen molar-refractivity contribution < 1.29 is 56.6 Å². The highest BCUT2D eigenvalue weighted by atomic mass is 19.1. The Bertz CT molecular complexity index is 1780. The zero-order valence-electron chi connectivity index (χ0n) is 38.4. The van der Waals surface area contributed by atoms with E-state index in [1.54, 1.807) is 27.4 Å². The van der Waals surface area contributed by atoms with Gasteiger partial charge in [0.1, 0.15) is 24.4 Å². The van der Waals surface area contributed by atoms with E-state index in [1.165, 1.54) is 13.2 Å². The van der Waals surface area contributed by atoms with Gasteiger partial charge in [-0.25, -0.2) is 4.39 Å². The number of likely N-dealkylation sites (N-methyl/N-ethyl adjacent to an activating group) is 1. The molecular weight excluding hydrogens is 800 g/mol. The van der Waals surface area contributed by atoms with Crippen molar-refractivity contribution in [2.75, 3.05) is 47.4 Å². The molecule has 6 fully saturated rings. The number of Topliss-reactive ketones (excluding diaryl/α,β-unsaturated/α-hetero) is 1. The summed E-state index contributed by atoms with van der Waals surface area (Å²) in [5.74, 6) is -1.20. The van der Waals surface area contributed by atoms with Crippen LogP contribution in [-0.4, -0.2) is 139 Å². The van der Waals surface area contributed by atoms with Crippen molar-refractivity contribution in [2.24, 2.45) is 35.5 Å². The van der Waals surface area contributed by atoms with Gasteiger partial charge in [0.15, 0.2) is 29.9 Å². The molecule has 0 amide bonds. The lowest BCUT2D eigenvalue weighted by Crippen LogP contribution is -2.59. The number of cyclic esters (lactones) is 1. The van der Waals surface area contributed by atoms with Crippen LogP contribution in [0.4, 0.5) is 10.1 Å². The molecule has 14 heteroatoms. The molecule has 8 rings (SSSR count). The summed E-state index contributed by atoms with van der Waals surface area (Å²) in [6.45, 7) is 8.10. The molecule has 13 nitrogen and oxygen atoms in total. The first-order valence-electron chi connectivity index (χ1n) is 23.3. The topological polar surface area (TPSA) is 123 Å². The molecular formula is C48H71FN2O11. The number of para-hydroxylation sites is 1. The minimum atomic E-state index is -0.691. The zero-order valence-corrected chi connectivity index (χ0v) is 38.4. The van der Waals surface area contributed by atoms with Crippen LogP contribution < -0.4 is 9.64 Å². The van der Waals surface area contributed by atoms with E-state index in [2.05, 4.69) is 43.8 Å². The van der Waals surface area contributed by atoms with Gasteiger partial charge in [0.25, 0.3) is 0 Å². The Morgan fingerprint density at radius 3 is 2.27 bits per heavy atom. The summed E-state index contributed by atoms with van der Waals surface area (Å²) in [5, 5.41) is 0. The third-order valence-electron chi connectivity index (χ3n) is 15.8. The Kier molecular flexibility index (Phi) is 14.1. The quantitative estimate of drug-likeness (QED) is 0.182. The molecule has 0 N–H and O–H groups in total. The fourth-order valence-corrected chi connectivity index (χ4v) is 12.9. The van der Waals surface area contributed by atoms with Crippen LogP contribution in [0.5, 0.6) is 5.75 Å². The average molecular weight is 871 g/mol. The molecule has 2 saturated carbocycles. The van der Waals surface area contributed by atoms with Crippen LogP contribution in [-0.2, 0) is 47.5 Å². The van der Waals surface area contributed by atoms with Gasteiger partial charge < -0.3 is 52.4 Å². The number of fused-ring (bicyclic) bond motifs is 8. The number of carbonyl (C=O) groups excluding carboxylic acids is 2. The number of halogens is 1. The summed E-state index contributed by atoms with van der Waals surface area (Å²) in [6, 6.07) is 5.31. The van der Waals surface area contributed by atoms with Gasteiger partial charge in [-0.3, -0.25) is 9.59 Å². The first kappa shape index (κ1) is 45.9. The second kappa shape index (κ2) is 19.0. The number of hydrogen-bond acceptors (Lipinski definition) is 13. The number of anilines is 1. The number of rotatable bonds is 11. The molecule has 7 aliphatic rings. The molecule has 19 atom stereocenters. The number of benzene rings is 1. The van der Waals surface area contributed by atoms with E-state index in [0.29, 0.717) is 36.6 Å². The lowest BCUT2D eigenvalue weighted by Gasteiger charge is -2.44. The summed E-state index contributed by atoms with van der Waals surface area (Å²) < 4.78 is 71.6. The molecule has 1 aromatic rings. The van der Waals surface area contributed by atoms with Crippen LogP contribution >= 0.6 is 0 Å². The highest BCUT2D eigenvalue weighted by molar-refractivity contribution is 5.99. The Morgan fingerprint density at radius 1 is 0.855 bits per heavy atom. The third-order valence-corrected chi connectivity index (χ3v) is 15.8. The number of allylic oxidation sites excluding steroid dienone is 2. The Labute approximate surface area is 367 Å². The van der Waals surface area contributed by atoms with E-state index in [0.717, 1.165) is 32.1 Å². The van der Waals surface area contributed by atoms with Gasteiger partial charge in [0, 0.05) is 39.2 Å². The zero-order chi connectivity index (χ0) is 44.1. The van der Waals surface area contributed by atoms with Crippen LogP contribution in [0, 0.1) is 41.3 Å². The first-order chi connectivity index (χ1) is 29.8. The van der Waals surface area contributed by atoms with Gasteiger partial charge in [-0.1, -0.05) is 26.0 Å². The fraction of sp³-hybridized carbons (Fsp3) is 0.792. The van der Waals surface area contributed by atoms with E-state index in [9.17, 15) is 4.79 Å². The summed E-state index contributed by atoms with van der Waals surface area (Å²) in [5.41, 5.74) is 1.38. The van der Waals surface area contributed by atoms with Crippen molar-refractivity contribution in [1.29, 1.82) is 0 Å². The number of hydrogen-bond donors (Lipinski definition) is 0. The van der Waals surface area contributed by atoms with Crippen LogP contribution in [0.3, 0.4) is 0 Å². The normalized spacial score (nSPS) is 43.4. The van der Waals surface area contributed by atoms with Gasteiger partial charge in [0.05, 0.1) is 55.7 Å². The van der Waals surface area contributed by atoms with Gasteiger partial charge in [-0.15, -0.1) is 0 Å². The molecule has 0 unspecified atom stereocenters. The fourth-order valence-electron chi connectivity index (χ4n) is 12.9. The molecule has 4 heterocycles. The summed E-state index contributed by atoms with van der Waals surface area (Å²) >= 11 is 0. The number of ether oxygens (including phenoxy) is 9. The Hall–Kier alpha value is -2.69. The van der Waals surface area contributed by atoms with Crippen LogP contribution in [0.15, 0.2) is 29.8 Å². The van der Waals surface area contributed by atoms with Crippen molar-refractivity contribution in [2.45, 2.75) is 165 Å². The van der Waals surface area contributed by atoms with E-state index >= 15 is 9.18 Å². The molecule has 3 aliphatic carbocycles. The summed E-state index contributed by atoms with van der Waals surface area (Å²) in [7, 11) is 10.6. The van der Waals surface area contributed by atoms with Gasteiger partial charge >= 0.3 is 5.97 Å². The maximum Gasteiger partial charge on any atom is 0.306 e. The van der Waals surface area contributed by atoms with Crippen molar-refractivity contribution in [1.82, 2.24) is 4.90 Å². The number of methoxy groups -OCH3 is 4. The van der Waals surface area contributed by atoms with Crippen LogP contribution in [0.25, 0.3) is 0 Å². The Morgan fingerprint density at radius 2 is 1.60 bits per heavy atom. The molecule has 1 aromatic carbocycles. The highest BCUT2D eigenvalue weighted by Crippen LogP contribution is 2.65. The van der Waals surface area contributed by atoms with Crippen molar-refractivity contribution in [3.63, 3.8) is 0 Å². The van der Waals surface area contributed by atoms with Crippen molar-refractivity contribution in [3.8, 4) is 5.75 Å². The lowest BCUT2D eigenvalue weighted by atomic mass is 9.66. The monoisotopic (exact) mass is 871 g/mol. The predicted molar refractivity (Wildman–Crippen MR) is 228 cm³/mol. The minimum absolute atomic E-state index is 0.00890. The molecule has 0 bridgehead atoms. The van der Waals surface area contributed by atoms with Crippen molar-refractivity contribution >= 4 is 17.4 Å². The summed E-state index contributed by atoms with van der Waals surface area (Å²) in [6.07, 6.45) is 4.82. The van der Waals surface area contributed by atoms with Crippen LogP contribution in [0.2, 0.25) is 0 Å². The van der Waals surface area contributed by atoms with E-state index in [4.69, 9.17) is 42.6 Å². The standard InChI is InChI=1S/C48H71FN2O11/c1-11-27-14-12-17-37(62-39-19-18-35(50(5)6)25(3)58-39)24(2)43(53)33-22-30-29-20-28(61-48-47(57-10)46(56-9)44(54-7)26(4)59-48)21-32(29)41-42(40(30)31(33)23-38(52)60-27)51(41)36-16-13-15-34(49)45(36)55-8/h13,15-16,22,24-32,35,37,39-42,44,46-48H,11-12,14,17-21,23H2,1-10H3/t24-,25-,26+,27+,28+,29+,30+,31-,32-,35+,37+,39+,40-,41+,42-,44+,46-,47-,48+,51?/m1/s1. The molecule has 4 aliphatic heterocycles. The molecule has 0 radical (unpaired) electrons. The number of carbonyl (C=O) groups is 2. The SMILES string of the molecule is CC[C@H]1CCC[C@H](O[C@H]2CC[C@H](N(C)C)[C@@H](C)O2)[C@@H](C)C(=O)C2=C[C@H]3[C@@H]4C[C@H](O[C@@H]5O[C@@H](C)[C@H](OC)[C@@H](OC)[C@H]5OC)C[C@H]4[C@H]4[C@@H]([C@H]3[C@@H]2CC(=O)O1)N4c1cccc(F)c1OC. The van der Waals surface area contributed by atoms with E-state index in [1.807, 2.05) is 19.9 Å². The maximum absolute atomic E-state index is 15.5. The minimum Gasteiger partial charge on any atom is -0.492 e. The molecule has 346 valence electrons. The van der Waals surface area contributed by atoms with Crippen molar-refractivity contribution in [3.05, 3.63) is 35.7 Å². The largest absolute Gasteiger partial charge is 0.492 e. The van der Waals surface area contributed by atoms with Gasteiger partial charge in [-0.05, 0) is 121 Å². The maximum atomic E-state index is 15.5. The van der Waals surface area contributed by atoms with Gasteiger partial charge in [0.2, 0.25) is 0 Å². The molecule has 0 spiro atoms. The summed E-state index contributed by atoms with van der Waals surface area (Å²) in [4.78, 5) is 33.8. The third kappa shape index (κ3) is 8.49. The molecule has 4 saturated heterocycles. The number of nitrogens with zero attached hydrogens (tertiary/aromatic N) is 2. The lowest BCUT2D eigenvalue weighted by molar-refractivity contribution is -0.314. The smallest absolute Gasteiger partial charge is 0.306 e. The average Bonchev–Trinajstić information content (AvgIpc) is 3.64. The van der Waals surface area contributed by atoms with E-state index < -0.39 is 42.4 Å². The molecule has 0 aromatic heterocycles. The van der Waals surface area contributed by atoms with Gasteiger partial charge in [-0.2, -0.15) is 0 Å². The van der Waals surface area contributed by atoms with E-state index in [-0.39, 0.29) is 96.3 Å². The molecule has 62 heavy (non-hydrogen) atoms. The first-order valence-corrected chi connectivity index (χ1v) is 23.3. The highest BCUT2D eigenvalue weighted by Gasteiger charge is 2.69. The van der Waals surface area contributed by atoms with Crippen LogP contribution in [0.1, 0.15) is 85.5 Å². The number of esters is 1. The second-order valence-electron chi connectivity index (χ2n) is 19.3. The Balaban J connectivity index is 1.13. The predicted octanol–water partition coefficient (Wildman–Crippen LogP) is 6.34.